The Balaban J connectivity index is 1.52. The molecule has 0 spiro atoms. The molecule has 0 unspecified atom stereocenters. The number of hydrogen-bond donors (Lipinski definition) is 1. The molecule has 6 heteroatoms. The molecule has 24 heavy (non-hydrogen) atoms. The molecule has 5 nitrogen and oxygen atoms in total. The van der Waals surface area contributed by atoms with Gasteiger partial charge in [0.25, 0.3) is 0 Å². The van der Waals surface area contributed by atoms with E-state index in [0.717, 1.165) is 41.0 Å². The van der Waals surface area contributed by atoms with Crippen molar-refractivity contribution in [2.45, 2.75) is 25.4 Å². The molecule has 1 aliphatic rings. The van der Waals surface area contributed by atoms with Crippen LogP contribution < -0.4 is 10.2 Å². The van der Waals surface area contributed by atoms with E-state index in [2.05, 4.69) is 20.2 Å². The maximum absolute atomic E-state index is 12.7. The minimum Gasteiger partial charge on any atom is -0.350 e. The molecule has 3 heterocycles. The van der Waals surface area contributed by atoms with Crippen molar-refractivity contribution in [1.29, 1.82) is 0 Å². The zero-order valence-electron chi connectivity index (χ0n) is 13.2. The van der Waals surface area contributed by atoms with Gasteiger partial charge in [0.15, 0.2) is 0 Å². The van der Waals surface area contributed by atoms with Crippen molar-refractivity contribution < 1.29 is 4.79 Å². The van der Waals surface area contributed by atoms with Gasteiger partial charge in [-0.2, -0.15) is 0 Å². The number of nitrogens with one attached hydrogen (secondary N) is 1. The largest absolute Gasteiger partial charge is 0.350 e. The molecule has 0 aliphatic carbocycles. The Kier molecular flexibility index (Phi) is 4.13. The topological polar surface area (TPSA) is 58.1 Å². The number of aromatic nitrogens is 2. The van der Waals surface area contributed by atoms with Crippen molar-refractivity contribution in [2.75, 3.05) is 11.4 Å². The molecule has 122 valence electrons. The van der Waals surface area contributed by atoms with Gasteiger partial charge in [0.2, 0.25) is 5.91 Å². The first-order valence-electron chi connectivity index (χ1n) is 8.09. The SMILES string of the molecule is O=C(NCc1ccccc1)[C@H]1CCCN1c1ncnc2sccc12. The van der Waals surface area contributed by atoms with Gasteiger partial charge in [-0.25, -0.2) is 9.97 Å². The van der Waals surface area contributed by atoms with E-state index in [-0.39, 0.29) is 11.9 Å². The third kappa shape index (κ3) is 2.85. The normalized spacial score (nSPS) is 17.3. The first-order valence-corrected chi connectivity index (χ1v) is 8.97. The lowest BCUT2D eigenvalue weighted by atomic mass is 10.2. The fourth-order valence-electron chi connectivity index (χ4n) is 3.20. The minimum absolute atomic E-state index is 0.0679. The Bertz CT molecular complexity index is 848. The first-order chi connectivity index (χ1) is 11.8. The predicted molar refractivity (Wildman–Crippen MR) is 96.1 cm³/mol. The Labute approximate surface area is 144 Å². The summed E-state index contributed by atoms with van der Waals surface area (Å²) in [7, 11) is 0. The Morgan fingerprint density at radius 3 is 3.00 bits per heavy atom. The lowest BCUT2D eigenvalue weighted by Gasteiger charge is -2.25. The molecular formula is C18H18N4OS. The Morgan fingerprint density at radius 1 is 1.25 bits per heavy atom. The molecule has 0 bridgehead atoms. The number of nitrogens with zero attached hydrogens (tertiary/aromatic N) is 3. The van der Waals surface area contributed by atoms with E-state index in [1.54, 1.807) is 17.7 Å². The molecule has 3 aromatic rings. The highest BCUT2D eigenvalue weighted by Gasteiger charge is 2.32. The number of hydrogen-bond acceptors (Lipinski definition) is 5. The molecule has 1 N–H and O–H groups in total. The fraction of sp³-hybridized carbons (Fsp3) is 0.278. The molecule has 1 aromatic carbocycles. The highest BCUT2D eigenvalue weighted by molar-refractivity contribution is 7.16. The van der Waals surface area contributed by atoms with Crippen LogP contribution >= 0.6 is 11.3 Å². The van der Waals surface area contributed by atoms with Crippen LogP contribution in [0.25, 0.3) is 10.2 Å². The summed E-state index contributed by atoms with van der Waals surface area (Å²) in [5, 5.41) is 6.11. The summed E-state index contributed by atoms with van der Waals surface area (Å²) in [6, 6.07) is 11.9. The molecule has 1 amide bonds. The van der Waals surface area contributed by atoms with Crippen LogP contribution in [0.3, 0.4) is 0 Å². The van der Waals surface area contributed by atoms with E-state index in [9.17, 15) is 4.79 Å². The Morgan fingerprint density at radius 2 is 2.12 bits per heavy atom. The van der Waals surface area contributed by atoms with E-state index in [1.807, 2.05) is 41.8 Å². The number of rotatable bonds is 4. The minimum atomic E-state index is -0.160. The molecule has 1 fully saturated rings. The average Bonchev–Trinajstić information content (AvgIpc) is 3.29. The predicted octanol–water partition coefficient (Wildman–Crippen LogP) is 2.98. The van der Waals surface area contributed by atoms with Crippen molar-refractivity contribution in [3.05, 3.63) is 53.7 Å². The monoisotopic (exact) mass is 338 g/mol. The van der Waals surface area contributed by atoms with Crippen molar-refractivity contribution in [3.8, 4) is 0 Å². The fourth-order valence-corrected chi connectivity index (χ4v) is 3.93. The average molecular weight is 338 g/mol. The highest BCUT2D eigenvalue weighted by atomic mass is 32.1. The zero-order chi connectivity index (χ0) is 16.4. The van der Waals surface area contributed by atoms with E-state index in [1.165, 1.54) is 0 Å². The van der Waals surface area contributed by atoms with Crippen molar-refractivity contribution >= 4 is 33.3 Å². The van der Waals surface area contributed by atoms with Gasteiger partial charge >= 0.3 is 0 Å². The number of benzene rings is 1. The van der Waals surface area contributed by atoms with E-state index in [0.29, 0.717) is 6.54 Å². The number of anilines is 1. The van der Waals surface area contributed by atoms with E-state index >= 15 is 0 Å². The summed E-state index contributed by atoms with van der Waals surface area (Å²) in [6.07, 6.45) is 3.45. The lowest BCUT2D eigenvalue weighted by molar-refractivity contribution is -0.122. The summed E-state index contributed by atoms with van der Waals surface area (Å²) < 4.78 is 0. The van der Waals surface area contributed by atoms with Gasteiger partial charge in [0.05, 0.1) is 5.39 Å². The van der Waals surface area contributed by atoms with Crippen LogP contribution in [-0.4, -0.2) is 28.5 Å². The molecule has 1 aliphatic heterocycles. The second-order valence-corrected chi connectivity index (χ2v) is 6.79. The van der Waals surface area contributed by atoms with E-state index < -0.39 is 0 Å². The standard InChI is InChI=1S/C18H18N4OS/c23-17(19-11-13-5-2-1-3-6-13)15-7-4-9-22(15)16-14-8-10-24-18(14)21-12-20-16/h1-3,5-6,8,10,12,15H,4,7,9,11H2,(H,19,23)/t15-/m1/s1. The van der Waals surface area contributed by atoms with Gasteiger partial charge in [0.1, 0.15) is 23.0 Å². The van der Waals surface area contributed by atoms with Crippen molar-refractivity contribution in [1.82, 2.24) is 15.3 Å². The van der Waals surface area contributed by atoms with Crippen LogP contribution in [0, 0.1) is 0 Å². The van der Waals surface area contributed by atoms with Crippen LogP contribution in [0.2, 0.25) is 0 Å². The van der Waals surface area contributed by atoms with Crippen LogP contribution in [0.5, 0.6) is 0 Å². The number of thiophene rings is 1. The van der Waals surface area contributed by atoms with Gasteiger partial charge in [-0.1, -0.05) is 30.3 Å². The van der Waals surface area contributed by atoms with Gasteiger partial charge < -0.3 is 10.2 Å². The summed E-state index contributed by atoms with van der Waals surface area (Å²) in [5.41, 5.74) is 1.11. The summed E-state index contributed by atoms with van der Waals surface area (Å²) in [5.74, 6) is 0.942. The molecule has 1 saturated heterocycles. The molecule has 1 atom stereocenters. The molecule has 0 radical (unpaired) electrons. The lowest BCUT2D eigenvalue weighted by Crippen LogP contribution is -2.43. The maximum atomic E-state index is 12.7. The van der Waals surface area contributed by atoms with Gasteiger partial charge in [-0.15, -0.1) is 11.3 Å². The molecular weight excluding hydrogens is 320 g/mol. The van der Waals surface area contributed by atoms with Gasteiger partial charge in [0, 0.05) is 13.1 Å². The van der Waals surface area contributed by atoms with Crippen LogP contribution in [0.1, 0.15) is 18.4 Å². The van der Waals surface area contributed by atoms with Gasteiger partial charge in [-0.05, 0) is 29.9 Å². The quantitative estimate of drug-likeness (QED) is 0.794. The molecule has 0 saturated carbocycles. The number of fused-ring (bicyclic) bond motifs is 1. The van der Waals surface area contributed by atoms with Crippen LogP contribution in [0.15, 0.2) is 48.1 Å². The smallest absolute Gasteiger partial charge is 0.243 e. The van der Waals surface area contributed by atoms with Gasteiger partial charge in [-0.3, -0.25) is 4.79 Å². The van der Waals surface area contributed by atoms with E-state index in [4.69, 9.17) is 0 Å². The maximum Gasteiger partial charge on any atom is 0.243 e. The number of amides is 1. The third-order valence-corrected chi connectivity index (χ3v) is 5.20. The number of carbonyl (C=O) groups excluding carboxylic acids is 1. The highest BCUT2D eigenvalue weighted by Crippen LogP contribution is 2.31. The van der Waals surface area contributed by atoms with Crippen molar-refractivity contribution in [2.24, 2.45) is 0 Å². The Hall–Kier alpha value is -2.47. The third-order valence-electron chi connectivity index (χ3n) is 4.38. The first kappa shape index (κ1) is 15.1. The number of carbonyl (C=O) groups is 1. The second kappa shape index (κ2) is 6.57. The van der Waals surface area contributed by atoms with Crippen LogP contribution in [0.4, 0.5) is 5.82 Å². The molecule has 4 rings (SSSR count). The summed E-state index contributed by atoms with van der Waals surface area (Å²) in [4.78, 5) is 24.5. The van der Waals surface area contributed by atoms with Crippen molar-refractivity contribution in [3.63, 3.8) is 0 Å². The van der Waals surface area contributed by atoms with Crippen LogP contribution in [-0.2, 0) is 11.3 Å². The summed E-state index contributed by atoms with van der Waals surface area (Å²) >= 11 is 1.60. The second-order valence-electron chi connectivity index (χ2n) is 5.89. The zero-order valence-corrected chi connectivity index (χ0v) is 14.0. The summed E-state index contributed by atoms with van der Waals surface area (Å²) in [6.45, 7) is 1.41. The molecule has 2 aromatic heterocycles.